The first-order valence-electron chi connectivity index (χ1n) is 4.62. The van der Waals surface area contributed by atoms with E-state index in [1.165, 1.54) is 21.9 Å². The van der Waals surface area contributed by atoms with E-state index in [4.69, 9.17) is 0 Å². The van der Waals surface area contributed by atoms with Crippen molar-refractivity contribution in [3.8, 4) is 0 Å². The molecule has 17 heavy (non-hydrogen) atoms. The lowest BCUT2D eigenvalue weighted by Crippen LogP contribution is -1.91. The van der Waals surface area contributed by atoms with Gasteiger partial charge in [-0.15, -0.1) is 0 Å². The van der Waals surface area contributed by atoms with Crippen LogP contribution in [-0.2, 0) is 6.42 Å². The summed E-state index contributed by atoms with van der Waals surface area (Å²) >= 11 is 0. The van der Waals surface area contributed by atoms with E-state index in [9.17, 15) is 0 Å². The van der Waals surface area contributed by atoms with Crippen LogP contribution in [0.15, 0.2) is 42.5 Å². The molecule has 0 amide bonds. The molecule has 0 fully saturated rings. The summed E-state index contributed by atoms with van der Waals surface area (Å²) in [6, 6.07) is 13.0. The highest BCUT2D eigenvalue weighted by Crippen LogP contribution is 2.27. The van der Waals surface area contributed by atoms with Gasteiger partial charge in [-0.3, -0.25) is 9.41 Å². The molecule has 1 aliphatic rings. The molecule has 2 aromatic rings. The number of rotatable bonds is 0. The Labute approximate surface area is 99.2 Å². The largest absolute Gasteiger partial charge is 0.344 e. The minimum absolute atomic E-state index is 0. The molecule has 0 aromatic heterocycles. The van der Waals surface area contributed by atoms with Gasteiger partial charge < -0.3 is 12.3 Å². The van der Waals surface area contributed by atoms with Crippen molar-refractivity contribution >= 4 is 16.8 Å². The molecule has 0 unspecified atom stereocenters. The molecule has 0 aliphatic heterocycles. The highest BCUT2D eigenvalue weighted by Gasteiger charge is 2.06. The first kappa shape index (κ1) is 17.6. The van der Waals surface area contributed by atoms with Crippen LogP contribution < -0.4 is 12.3 Å². The summed E-state index contributed by atoms with van der Waals surface area (Å²) in [6.07, 6.45) is 5.53. The van der Waals surface area contributed by atoms with Crippen molar-refractivity contribution in [1.82, 2.24) is 12.3 Å². The quantitative estimate of drug-likeness (QED) is 0.729. The van der Waals surface area contributed by atoms with Crippen molar-refractivity contribution in [2.24, 2.45) is 0 Å². The second-order valence-electron chi connectivity index (χ2n) is 3.47. The van der Waals surface area contributed by atoms with Gasteiger partial charge in [0, 0.05) is 0 Å². The van der Waals surface area contributed by atoms with E-state index in [1.807, 2.05) is 0 Å². The molecule has 0 radical (unpaired) electrons. The topological polar surface area (TPSA) is 70.0 Å². The normalized spacial score (nSPS) is 10.4. The van der Waals surface area contributed by atoms with Gasteiger partial charge in [0.05, 0.1) is 0 Å². The summed E-state index contributed by atoms with van der Waals surface area (Å²) in [5.41, 5.74) is 2.81. The summed E-state index contributed by atoms with van der Waals surface area (Å²) in [4.78, 5) is 0. The summed E-state index contributed by atoms with van der Waals surface area (Å²) in [7, 11) is 0. The number of hydrogen-bond donors (Lipinski definition) is 2. The first-order valence-corrected chi connectivity index (χ1v) is 4.62. The minimum atomic E-state index is 0. The third-order valence-corrected chi connectivity index (χ3v) is 2.66. The molecule has 6 N–H and O–H groups in total. The standard InChI is InChI=1S/C13H10.2FH.2H3N/c1-4-10-6-2-8-12-9-3-7-11(5-1)13(10)12;;;;/h1-8H,9H2;2*1H;2*1H3. The number of hydrogen-bond acceptors (Lipinski definition) is 2. The van der Waals surface area contributed by atoms with Gasteiger partial charge in [-0.1, -0.05) is 48.6 Å². The lowest BCUT2D eigenvalue weighted by molar-refractivity contribution is 1.11. The van der Waals surface area contributed by atoms with E-state index in [2.05, 4.69) is 48.6 Å². The average molecular weight is 240 g/mol. The Kier molecular flexibility index (Phi) is 6.97. The third kappa shape index (κ3) is 2.67. The molecule has 1 aliphatic carbocycles. The predicted molar refractivity (Wildman–Crippen MR) is 71.7 cm³/mol. The molecule has 0 saturated heterocycles. The van der Waals surface area contributed by atoms with Crippen molar-refractivity contribution in [1.29, 1.82) is 0 Å². The van der Waals surface area contributed by atoms with E-state index < -0.39 is 0 Å². The van der Waals surface area contributed by atoms with Gasteiger partial charge in [0.1, 0.15) is 0 Å². The van der Waals surface area contributed by atoms with Gasteiger partial charge in [0.2, 0.25) is 0 Å². The maximum Gasteiger partial charge on any atom is -0.00763 e. The maximum atomic E-state index is 2.23. The molecule has 0 bridgehead atoms. The Morgan fingerprint density at radius 3 is 2.18 bits per heavy atom. The van der Waals surface area contributed by atoms with E-state index in [0.717, 1.165) is 6.42 Å². The van der Waals surface area contributed by atoms with Crippen LogP contribution in [0.25, 0.3) is 16.8 Å². The van der Waals surface area contributed by atoms with Crippen molar-refractivity contribution < 1.29 is 9.41 Å². The molecule has 2 aromatic carbocycles. The molecule has 2 nitrogen and oxygen atoms in total. The second-order valence-corrected chi connectivity index (χ2v) is 3.47. The molecule has 0 saturated carbocycles. The fourth-order valence-corrected chi connectivity index (χ4v) is 2.07. The molecule has 3 rings (SSSR count). The summed E-state index contributed by atoms with van der Waals surface area (Å²) < 4.78 is 0. The van der Waals surface area contributed by atoms with Gasteiger partial charge in [0.25, 0.3) is 0 Å². The maximum absolute atomic E-state index is 2.23. The molecule has 4 heteroatoms. The molecule has 0 atom stereocenters. The average Bonchev–Trinajstić information content (AvgIpc) is 2.19. The van der Waals surface area contributed by atoms with Crippen LogP contribution in [0, 0.1) is 0 Å². The predicted octanol–water partition coefficient (Wildman–Crippen LogP) is 4.04. The fourth-order valence-electron chi connectivity index (χ4n) is 2.07. The Morgan fingerprint density at radius 2 is 1.47 bits per heavy atom. The Hall–Kier alpha value is -1.78. The van der Waals surface area contributed by atoms with Crippen LogP contribution in [0.3, 0.4) is 0 Å². The molecule has 0 spiro atoms. The van der Waals surface area contributed by atoms with Gasteiger partial charge in [0.15, 0.2) is 0 Å². The Morgan fingerprint density at radius 1 is 0.824 bits per heavy atom. The highest BCUT2D eigenvalue weighted by atomic mass is 19.0. The van der Waals surface area contributed by atoms with Gasteiger partial charge in [-0.25, -0.2) is 0 Å². The van der Waals surface area contributed by atoms with Gasteiger partial charge in [-0.05, 0) is 28.3 Å². The van der Waals surface area contributed by atoms with Crippen molar-refractivity contribution in [2.75, 3.05) is 0 Å². The van der Waals surface area contributed by atoms with Crippen molar-refractivity contribution in [2.45, 2.75) is 6.42 Å². The summed E-state index contributed by atoms with van der Waals surface area (Å²) in [5, 5.41) is 2.80. The lowest BCUT2D eigenvalue weighted by atomic mass is 9.93. The number of benzene rings is 2. The van der Waals surface area contributed by atoms with E-state index in [-0.39, 0.29) is 21.7 Å². The second kappa shape index (κ2) is 6.73. The molecule has 0 heterocycles. The minimum Gasteiger partial charge on any atom is -0.344 e. The smallest absolute Gasteiger partial charge is 0.00763 e. The summed E-state index contributed by atoms with van der Waals surface area (Å²) in [5.74, 6) is 0. The first-order chi connectivity index (χ1) is 6.45. The summed E-state index contributed by atoms with van der Waals surface area (Å²) in [6.45, 7) is 0. The molecular weight excluding hydrogens is 222 g/mol. The monoisotopic (exact) mass is 240 g/mol. The zero-order chi connectivity index (χ0) is 8.67. The highest BCUT2D eigenvalue weighted by molar-refractivity contribution is 5.94. The Bertz CT molecular complexity index is 504. The lowest BCUT2D eigenvalue weighted by Gasteiger charge is -2.11. The number of allylic oxidation sites excluding steroid dienone is 1. The number of halogens is 2. The van der Waals surface area contributed by atoms with Crippen LogP contribution in [0.4, 0.5) is 9.41 Å². The zero-order valence-corrected chi connectivity index (χ0v) is 9.56. The fraction of sp³-hybridized carbons (Fsp3) is 0.0769. The van der Waals surface area contributed by atoms with Crippen LogP contribution in [-0.4, -0.2) is 0 Å². The van der Waals surface area contributed by atoms with E-state index >= 15 is 0 Å². The molecular formula is C13H18F2N2. The van der Waals surface area contributed by atoms with Crippen molar-refractivity contribution in [3.63, 3.8) is 0 Å². The third-order valence-electron chi connectivity index (χ3n) is 2.66. The van der Waals surface area contributed by atoms with E-state index in [0.29, 0.717) is 0 Å². The van der Waals surface area contributed by atoms with Crippen LogP contribution in [0.2, 0.25) is 0 Å². The van der Waals surface area contributed by atoms with Crippen LogP contribution >= 0.6 is 0 Å². The van der Waals surface area contributed by atoms with Crippen LogP contribution in [0.5, 0.6) is 0 Å². The van der Waals surface area contributed by atoms with Crippen LogP contribution in [0.1, 0.15) is 11.1 Å². The van der Waals surface area contributed by atoms with Crippen molar-refractivity contribution in [3.05, 3.63) is 53.6 Å². The van der Waals surface area contributed by atoms with Gasteiger partial charge in [-0.2, -0.15) is 0 Å². The molecule has 94 valence electrons. The van der Waals surface area contributed by atoms with Gasteiger partial charge >= 0.3 is 0 Å². The zero-order valence-electron chi connectivity index (χ0n) is 9.56. The SMILES string of the molecule is C1=Cc2cccc3cccc(c23)C1.F.F.N.N. The van der Waals surface area contributed by atoms with E-state index in [1.54, 1.807) is 0 Å². The Balaban J connectivity index is 0.